The Labute approximate surface area is 160 Å². The molecule has 5 heteroatoms. The Hall–Kier alpha value is -3.10. The van der Waals surface area contributed by atoms with Gasteiger partial charge in [-0.25, -0.2) is 0 Å². The number of furan rings is 1. The Morgan fingerprint density at radius 1 is 1.26 bits per heavy atom. The van der Waals surface area contributed by atoms with E-state index in [-0.39, 0.29) is 5.76 Å². The van der Waals surface area contributed by atoms with Crippen molar-refractivity contribution < 1.29 is 9.21 Å². The molecular weight excluding hydrogens is 356 g/mol. The number of fused-ring (bicyclic) bond motifs is 2. The average molecular weight is 374 g/mol. The number of aromatic nitrogens is 1. The van der Waals surface area contributed by atoms with Crippen LogP contribution in [0.3, 0.4) is 0 Å². The lowest BCUT2D eigenvalue weighted by Crippen LogP contribution is -2.16. The van der Waals surface area contributed by atoms with Crippen LogP contribution >= 0.6 is 11.3 Å². The number of amides is 1. The summed E-state index contributed by atoms with van der Waals surface area (Å²) in [6, 6.07) is 15.5. The molecule has 0 unspecified atom stereocenters. The van der Waals surface area contributed by atoms with E-state index in [0.717, 1.165) is 15.6 Å². The van der Waals surface area contributed by atoms with E-state index in [1.807, 2.05) is 34.9 Å². The highest BCUT2D eigenvalue weighted by Gasteiger charge is 2.13. The van der Waals surface area contributed by atoms with Crippen LogP contribution in [0.5, 0.6) is 0 Å². The molecule has 4 nitrogen and oxygen atoms in total. The molecule has 0 radical (unpaired) electrons. The highest BCUT2D eigenvalue weighted by atomic mass is 32.1. The Bertz CT molecular complexity index is 1230. The zero-order chi connectivity index (χ0) is 19.0. The molecule has 4 aromatic rings. The Kier molecular flexibility index (Phi) is 4.43. The molecule has 0 spiro atoms. The molecule has 4 rings (SSSR count). The number of thiazole rings is 1. The summed E-state index contributed by atoms with van der Waals surface area (Å²) in [5, 5.41) is 0.880. The quantitative estimate of drug-likeness (QED) is 0.477. The maximum absolute atomic E-state index is 12.7. The molecule has 0 saturated heterocycles. The minimum Gasteiger partial charge on any atom is -0.451 e. The lowest BCUT2D eigenvalue weighted by atomic mass is 10.0. The normalized spacial score (nSPS) is 12.1. The molecule has 2 aromatic carbocycles. The SMILES string of the molecule is C#CCn1c(=NC(=O)c2cc3ccccc3o2)sc2cc(C(C)C)ccc21. The molecule has 0 aliphatic carbocycles. The van der Waals surface area contributed by atoms with Gasteiger partial charge in [-0.05, 0) is 35.7 Å². The summed E-state index contributed by atoms with van der Waals surface area (Å²) in [6.07, 6.45) is 5.54. The molecule has 0 fully saturated rings. The zero-order valence-corrected chi connectivity index (χ0v) is 15.9. The van der Waals surface area contributed by atoms with Gasteiger partial charge in [0.15, 0.2) is 10.6 Å². The molecular formula is C22H18N2O2S. The number of carbonyl (C=O) groups is 1. The number of benzene rings is 2. The summed E-state index contributed by atoms with van der Waals surface area (Å²) in [5.41, 5.74) is 2.90. The van der Waals surface area contributed by atoms with Crippen LogP contribution in [0.15, 0.2) is 57.9 Å². The van der Waals surface area contributed by atoms with Crippen LogP contribution in [0, 0.1) is 12.3 Å². The first-order valence-corrected chi connectivity index (χ1v) is 9.53. The van der Waals surface area contributed by atoms with Gasteiger partial charge in [-0.1, -0.05) is 55.4 Å². The maximum Gasteiger partial charge on any atom is 0.315 e. The van der Waals surface area contributed by atoms with E-state index >= 15 is 0 Å². The second-order valence-electron chi connectivity index (χ2n) is 6.62. The molecule has 0 saturated carbocycles. The van der Waals surface area contributed by atoms with E-state index in [0.29, 0.717) is 22.8 Å². The second-order valence-corrected chi connectivity index (χ2v) is 7.63. The smallest absolute Gasteiger partial charge is 0.315 e. The number of hydrogen-bond acceptors (Lipinski definition) is 3. The standard InChI is InChI=1S/C22H18N2O2S/c1-4-11-24-17-10-9-15(14(2)3)13-20(17)27-22(24)23-21(25)19-12-16-7-5-6-8-18(16)26-19/h1,5-10,12-14H,11H2,2-3H3. The highest BCUT2D eigenvalue weighted by Crippen LogP contribution is 2.24. The fourth-order valence-corrected chi connectivity index (χ4v) is 4.08. The maximum atomic E-state index is 12.7. The summed E-state index contributed by atoms with van der Waals surface area (Å²) < 4.78 is 8.59. The lowest BCUT2D eigenvalue weighted by Gasteiger charge is -2.05. The number of rotatable bonds is 3. The molecule has 0 N–H and O–H groups in total. The van der Waals surface area contributed by atoms with Crippen LogP contribution in [-0.2, 0) is 6.54 Å². The van der Waals surface area contributed by atoms with Crippen LogP contribution in [-0.4, -0.2) is 10.5 Å². The molecule has 0 bridgehead atoms. The molecule has 0 aliphatic rings. The number of nitrogens with zero attached hydrogens (tertiary/aromatic N) is 2. The first kappa shape index (κ1) is 17.3. The van der Waals surface area contributed by atoms with Gasteiger partial charge in [0, 0.05) is 5.39 Å². The largest absolute Gasteiger partial charge is 0.451 e. The van der Waals surface area contributed by atoms with Gasteiger partial charge in [0.05, 0.1) is 16.8 Å². The van der Waals surface area contributed by atoms with E-state index in [1.54, 1.807) is 6.07 Å². The van der Waals surface area contributed by atoms with E-state index in [1.165, 1.54) is 16.9 Å². The van der Waals surface area contributed by atoms with Crippen molar-refractivity contribution in [1.82, 2.24) is 4.57 Å². The zero-order valence-electron chi connectivity index (χ0n) is 15.1. The predicted molar refractivity (Wildman–Crippen MR) is 109 cm³/mol. The van der Waals surface area contributed by atoms with Gasteiger partial charge in [-0.15, -0.1) is 6.42 Å². The minimum atomic E-state index is -0.410. The molecule has 27 heavy (non-hydrogen) atoms. The number of hydrogen-bond donors (Lipinski definition) is 0. The van der Waals surface area contributed by atoms with E-state index in [4.69, 9.17) is 10.8 Å². The van der Waals surface area contributed by atoms with Crippen molar-refractivity contribution in [1.29, 1.82) is 0 Å². The van der Waals surface area contributed by atoms with Crippen LogP contribution in [0.2, 0.25) is 0 Å². The third-order valence-corrected chi connectivity index (χ3v) is 5.50. The molecule has 2 aromatic heterocycles. The van der Waals surface area contributed by atoms with Crippen molar-refractivity contribution in [3.8, 4) is 12.3 Å². The fourth-order valence-electron chi connectivity index (χ4n) is 3.01. The number of terminal acetylenes is 1. The van der Waals surface area contributed by atoms with Gasteiger partial charge in [0.1, 0.15) is 5.58 Å². The van der Waals surface area contributed by atoms with Crippen molar-refractivity contribution in [2.24, 2.45) is 4.99 Å². The highest BCUT2D eigenvalue weighted by molar-refractivity contribution is 7.16. The molecule has 134 valence electrons. The summed E-state index contributed by atoms with van der Waals surface area (Å²) >= 11 is 1.46. The van der Waals surface area contributed by atoms with E-state index in [9.17, 15) is 4.79 Å². The number of carbonyl (C=O) groups excluding carboxylic acids is 1. The third-order valence-electron chi connectivity index (χ3n) is 4.46. The van der Waals surface area contributed by atoms with Gasteiger partial charge in [0.25, 0.3) is 0 Å². The van der Waals surface area contributed by atoms with Crippen LogP contribution < -0.4 is 4.80 Å². The minimum absolute atomic E-state index is 0.226. The lowest BCUT2D eigenvalue weighted by molar-refractivity contribution is 0.0973. The Morgan fingerprint density at radius 3 is 2.81 bits per heavy atom. The number of para-hydroxylation sites is 1. The van der Waals surface area contributed by atoms with Crippen LogP contribution in [0.25, 0.3) is 21.2 Å². The average Bonchev–Trinajstić information content (AvgIpc) is 3.23. The molecule has 0 atom stereocenters. The van der Waals surface area contributed by atoms with Gasteiger partial charge in [-0.2, -0.15) is 4.99 Å². The van der Waals surface area contributed by atoms with Crippen molar-refractivity contribution in [2.75, 3.05) is 0 Å². The molecule has 0 aliphatic heterocycles. The van der Waals surface area contributed by atoms with E-state index < -0.39 is 5.91 Å². The summed E-state index contributed by atoms with van der Waals surface area (Å²) in [4.78, 5) is 17.6. The summed E-state index contributed by atoms with van der Waals surface area (Å²) in [5.74, 6) is 2.89. The van der Waals surface area contributed by atoms with Crippen LogP contribution in [0.1, 0.15) is 35.9 Å². The molecule has 1 amide bonds. The monoisotopic (exact) mass is 374 g/mol. The predicted octanol–water partition coefficient (Wildman–Crippen LogP) is 4.95. The third kappa shape index (κ3) is 3.20. The Morgan fingerprint density at radius 2 is 2.07 bits per heavy atom. The van der Waals surface area contributed by atoms with Gasteiger partial charge in [-0.3, -0.25) is 4.79 Å². The van der Waals surface area contributed by atoms with Crippen molar-refractivity contribution in [3.63, 3.8) is 0 Å². The first-order valence-electron chi connectivity index (χ1n) is 8.71. The van der Waals surface area contributed by atoms with Crippen LogP contribution in [0.4, 0.5) is 0 Å². The van der Waals surface area contributed by atoms with Crippen molar-refractivity contribution in [3.05, 3.63) is 64.7 Å². The topological polar surface area (TPSA) is 47.5 Å². The summed E-state index contributed by atoms with van der Waals surface area (Å²) in [7, 11) is 0. The van der Waals surface area contributed by atoms with Gasteiger partial charge >= 0.3 is 5.91 Å². The van der Waals surface area contributed by atoms with Crippen molar-refractivity contribution in [2.45, 2.75) is 26.3 Å². The fraction of sp³-hybridized carbons (Fsp3) is 0.182. The van der Waals surface area contributed by atoms with E-state index in [2.05, 4.69) is 36.9 Å². The second kappa shape index (κ2) is 6.90. The first-order chi connectivity index (χ1) is 13.1. The Balaban J connectivity index is 1.84. The molecule has 2 heterocycles. The summed E-state index contributed by atoms with van der Waals surface area (Å²) in [6.45, 7) is 4.66. The van der Waals surface area contributed by atoms with Gasteiger partial charge < -0.3 is 8.98 Å². The van der Waals surface area contributed by atoms with Crippen molar-refractivity contribution >= 4 is 38.4 Å². The van der Waals surface area contributed by atoms with Gasteiger partial charge in [0.2, 0.25) is 0 Å².